The van der Waals surface area contributed by atoms with E-state index in [1.165, 1.54) is 6.07 Å². The molecule has 1 aliphatic heterocycles. The minimum Gasteiger partial charge on any atom is -0.334 e. The van der Waals surface area contributed by atoms with Crippen LogP contribution in [0.1, 0.15) is 16.8 Å². The molecule has 0 saturated heterocycles. The summed E-state index contributed by atoms with van der Waals surface area (Å²) in [4.78, 5) is 19.0. The molecule has 4 nitrogen and oxygen atoms in total. The van der Waals surface area contributed by atoms with Crippen molar-refractivity contribution in [2.75, 3.05) is 6.54 Å². The molecule has 1 aliphatic rings. The molecule has 2 N–H and O–H groups in total. The third-order valence-electron chi connectivity index (χ3n) is 3.70. The van der Waals surface area contributed by atoms with Crippen LogP contribution in [0.15, 0.2) is 16.9 Å². The van der Waals surface area contributed by atoms with Gasteiger partial charge in [0.15, 0.2) is 22.2 Å². The lowest BCUT2D eigenvalue weighted by atomic mass is 10.1. The highest BCUT2D eigenvalue weighted by molar-refractivity contribution is 7.71. The van der Waals surface area contributed by atoms with E-state index in [1.807, 2.05) is 4.90 Å². The van der Waals surface area contributed by atoms with Crippen LogP contribution in [0.25, 0.3) is 0 Å². The van der Waals surface area contributed by atoms with E-state index >= 15 is 0 Å². The fourth-order valence-corrected chi connectivity index (χ4v) is 2.81. The predicted molar refractivity (Wildman–Crippen MR) is 76.4 cm³/mol. The van der Waals surface area contributed by atoms with Crippen LogP contribution in [-0.2, 0) is 19.5 Å². The van der Waals surface area contributed by atoms with Gasteiger partial charge in [-0.1, -0.05) is 6.07 Å². The first-order valence-corrected chi connectivity index (χ1v) is 7.05. The highest BCUT2D eigenvalue weighted by atomic mass is 32.1. The zero-order valence-electron chi connectivity index (χ0n) is 11.4. The van der Waals surface area contributed by atoms with Crippen molar-refractivity contribution < 1.29 is 13.2 Å². The molecule has 0 aliphatic carbocycles. The number of aromatic amines is 2. The summed E-state index contributed by atoms with van der Waals surface area (Å²) in [5.41, 5.74) is 1.14. The topological polar surface area (TPSA) is 51.9 Å². The van der Waals surface area contributed by atoms with Crippen molar-refractivity contribution in [1.29, 1.82) is 0 Å². The van der Waals surface area contributed by atoms with Crippen molar-refractivity contribution in [3.05, 3.63) is 61.5 Å². The van der Waals surface area contributed by atoms with Gasteiger partial charge in [-0.3, -0.25) is 14.7 Å². The summed E-state index contributed by atoms with van der Waals surface area (Å²) in [5.74, 6) is -3.85. The van der Waals surface area contributed by atoms with Gasteiger partial charge in [-0.25, -0.2) is 13.2 Å². The van der Waals surface area contributed by atoms with Crippen molar-refractivity contribution in [2.45, 2.75) is 19.5 Å². The summed E-state index contributed by atoms with van der Waals surface area (Å²) < 4.78 is 40.1. The number of H-pyrrole nitrogens is 2. The normalized spacial score (nSPS) is 14.9. The smallest absolute Gasteiger partial charge is 0.255 e. The SMILES string of the molecule is O=c1[nH]c(=S)[nH]c2c1CCN(Cc1ccc(F)c(F)c1F)C2. The molecule has 0 radical (unpaired) electrons. The number of nitrogens with zero attached hydrogens (tertiary/aromatic N) is 1. The van der Waals surface area contributed by atoms with Crippen LogP contribution in [0.4, 0.5) is 13.2 Å². The van der Waals surface area contributed by atoms with Gasteiger partial charge in [-0.05, 0) is 24.7 Å². The number of hydrogen-bond acceptors (Lipinski definition) is 3. The molecule has 0 spiro atoms. The van der Waals surface area contributed by atoms with E-state index in [4.69, 9.17) is 12.2 Å². The summed E-state index contributed by atoms with van der Waals surface area (Å²) in [6, 6.07) is 2.13. The Balaban J connectivity index is 1.86. The Bertz CT molecular complexity index is 846. The maximum atomic E-state index is 13.7. The Kier molecular flexibility index (Phi) is 3.88. The Morgan fingerprint density at radius 3 is 2.73 bits per heavy atom. The first kappa shape index (κ1) is 15.0. The van der Waals surface area contributed by atoms with Gasteiger partial charge in [0.1, 0.15) is 0 Å². The summed E-state index contributed by atoms with van der Waals surface area (Å²) in [5, 5.41) is 0. The number of hydrogen-bond donors (Lipinski definition) is 2. The minimum absolute atomic E-state index is 0.0748. The molecule has 22 heavy (non-hydrogen) atoms. The standard InChI is InChI=1S/C14H12F3N3OS/c15-9-2-1-7(11(16)12(9)17)5-20-4-3-8-10(6-20)18-14(22)19-13(8)21/h1-2H,3-6H2,(H2,18,19,21,22). The molecular formula is C14H12F3N3OS. The van der Waals surface area contributed by atoms with E-state index in [2.05, 4.69) is 9.97 Å². The quantitative estimate of drug-likeness (QED) is 0.658. The van der Waals surface area contributed by atoms with Crippen molar-refractivity contribution in [2.24, 2.45) is 0 Å². The van der Waals surface area contributed by atoms with E-state index in [1.54, 1.807) is 0 Å². The van der Waals surface area contributed by atoms with Gasteiger partial charge in [0.2, 0.25) is 0 Å². The Morgan fingerprint density at radius 2 is 1.95 bits per heavy atom. The Morgan fingerprint density at radius 1 is 1.18 bits per heavy atom. The van der Waals surface area contributed by atoms with Crippen molar-refractivity contribution >= 4 is 12.2 Å². The van der Waals surface area contributed by atoms with Gasteiger partial charge in [-0.2, -0.15) is 0 Å². The summed E-state index contributed by atoms with van der Waals surface area (Å²) in [6.45, 7) is 0.996. The second-order valence-corrected chi connectivity index (χ2v) is 5.57. The molecule has 1 aromatic carbocycles. The van der Waals surface area contributed by atoms with Crippen LogP contribution >= 0.6 is 12.2 Å². The molecule has 0 unspecified atom stereocenters. The van der Waals surface area contributed by atoms with Crippen molar-refractivity contribution in [3.63, 3.8) is 0 Å². The Hall–Kier alpha value is -1.93. The molecular weight excluding hydrogens is 315 g/mol. The first-order chi connectivity index (χ1) is 10.5. The second-order valence-electron chi connectivity index (χ2n) is 5.16. The van der Waals surface area contributed by atoms with Crippen molar-refractivity contribution in [1.82, 2.24) is 14.9 Å². The Labute approximate surface area is 128 Å². The molecule has 8 heteroatoms. The molecule has 2 aromatic rings. The minimum atomic E-state index is -1.47. The monoisotopic (exact) mass is 327 g/mol. The lowest BCUT2D eigenvalue weighted by molar-refractivity contribution is 0.235. The summed E-state index contributed by atoms with van der Waals surface area (Å²) in [6.07, 6.45) is 0.474. The average Bonchev–Trinajstić information content (AvgIpc) is 2.47. The van der Waals surface area contributed by atoms with Crippen LogP contribution in [0.5, 0.6) is 0 Å². The van der Waals surface area contributed by atoms with E-state index in [9.17, 15) is 18.0 Å². The maximum Gasteiger partial charge on any atom is 0.255 e. The van der Waals surface area contributed by atoms with Crippen LogP contribution in [0.2, 0.25) is 0 Å². The molecule has 0 fully saturated rings. The van der Waals surface area contributed by atoms with Gasteiger partial charge >= 0.3 is 0 Å². The van der Waals surface area contributed by atoms with Gasteiger partial charge in [-0.15, -0.1) is 0 Å². The largest absolute Gasteiger partial charge is 0.334 e. The van der Waals surface area contributed by atoms with Gasteiger partial charge < -0.3 is 4.98 Å². The second kappa shape index (κ2) is 5.69. The van der Waals surface area contributed by atoms with Gasteiger partial charge in [0.05, 0.1) is 0 Å². The van der Waals surface area contributed by atoms with Gasteiger partial charge in [0.25, 0.3) is 5.56 Å². The lowest BCUT2D eigenvalue weighted by Crippen LogP contribution is -2.35. The number of halogens is 3. The highest BCUT2D eigenvalue weighted by Crippen LogP contribution is 2.20. The fraction of sp³-hybridized carbons (Fsp3) is 0.286. The third-order valence-corrected chi connectivity index (χ3v) is 3.90. The number of fused-ring (bicyclic) bond motifs is 1. The molecule has 116 valence electrons. The van der Waals surface area contributed by atoms with Crippen LogP contribution in [0, 0.1) is 22.2 Å². The average molecular weight is 327 g/mol. The summed E-state index contributed by atoms with van der Waals surface area (Å²) >= 11 is 4.92. The predicted octanol–water partition coefficient (Wildman–Crippen LogP) is 2.41. The number of rotatable bonds is 2. The number of nitrogens with one attached hydrogen (secondary N) is 2. The van der Waals surface area contributed by atoms with E-state index < -0.39 is 17.5 Å². The molecule has 1 aromatic heterocycles. The lowest BCUT2D eigenvalue weighted by Gasteiger charge is -2.28. The zero-order valence-corrected chi connectivity index (χ0v) is 12.2. The number of aromatic nitrogens is 2. The molecule has 0 amide bonds. The van der Waals surface area contributed by atoms with E-state index in [-0.39, 0.29) is 22.4 Å². The molecule has 0 bridgehead atoms. The summed E-state index contributed by atoms with van der Waals surface area (Å²) in [7, 11) is 0. The molecule has 0 saturated carbocycles. The van der Waals surface area contributed by atoms with Crippen LogP contribution < -0.4 is 5.56 Å². The third kappa shape index (κ3) is 2.71. The molecule has 2 heterocycles. The maximum absolute atomic E-state index is 13.7. The zero-order chi connectivity index (χ0) is 15.9. The fourth-order valence-electron chi connectivity index (χ4n) is 2.60. The van der Waals surface area contributed by atoms with Gasteiger partial charge in [0, 0.05) is 36.5 Å². The van der Waals surface area contributed by atoms with E-state index in [0.717, 1.165) is 6.07 Å². The highest BCUT2D eigenvalue weighted by Gasteiger charge is 2.22. The van der Waals surface area contributed by atoms with Crippen LogP contribution in [-0.4, -0.2) is 21.4 Å². The first-order valence-electron chi connectivity index (χ1n) is 6.65. The molecule has 3 rings (SSSR count). The van der Waals surface area contributed by atoms with Crippen molar-refractivity contribution in [3.8, 4) is 0 Å². The van der Waals surface area contributed by atoms with E-state index in [0.29, 0.717) is 30.8 Å². The van der Waals surface area contributed by atoms with Crippen LogP contribution in [0.3, 0.4) is 0 Å². The number of benzene rings is 1. The molecule has 0 atom stereocenters.